The van der Waals surface area contributed by atoms with Gasteiger partial charge in [-0.1, -0.05) is 57.9 Å². The van der Waals surface area contributed by atoms with Crippen molar-refractivity contribution in [3.63, 3.8) is 0 Å². The van der Waals surface area contributed by atoms with E-state index >= 15 is 0 Å². The summed E-state index contributed by atoms with van der Waals surface area (Å²) in [7, 11) is 0. The number of anilines is 2. The van der Waals surface area contributed by atoms with E-state index in [4.69, 9.17) is 0 Å². The van der Waals surface area contributed by atoms with Crippen molar-refractivity contribution in [1.82, 2.24) is 9.78 Å². The Balaban J connectivity index is 1.43. The molecule has 1 aromatic heterocycles. The van der Waals surface area contributed by atoms with E-state index in [0.29, 0.717) is 22.6 Å². The quantitative estimate of drug-likeness (QED) is 0.382. The van der Waals surface area contributed by atoms with Crippen LogP contribution in [-0.4, -0.2) is 21.6 Å². The van der Waals surface area contributed by atoms with Crippen molar-refractivity contribution >= 4 is 39.1 Å². The number of hydrogen-bond acceptors (Lipinski definition) is 3. The Kier molecular flexibility index (Phi) is 6.47. The molecule has 4 rings (SSSR count). The number of aromatic nitrogens is 2. The van der Waals surface area contributed by atoms with Crippen molar-refractivity contribution in [2.45, 2.75) is 13.3 Å². The van der Waals surface area contributed by atoms with E-state index in [2.05, 4.69) is 31.7 Å². The van der Waals surface area contributed by atoms with Crippen LogP contribution in [0.3, 0.4) is 0 Å². The molecule has 0 fully saturated rings. The molecule has 0 aliphatic rings. The minimum absolute atomic E-state index is 0.114. The zero-order valence-electron chi connectivity index (χ0n) is 17.4. The molecule has 0 radical (unpaired) electrons. The molecule has 2 amide bonds. The summed E-state index contributed by atoms with van der Waals surface area (Å²) >= 11 is 3.40. The van der Waals surface area contributed by atoms with E-state index in [0.717, 1.165) is 15.6 Å². The normalized spacial score (nSPS) is 10.6. The summed E-state index contributed by atoms with van der Waals surface area (Å²) in [4.78, 5) is 25.0. The lowest BCUT2D eigenvalue weighted by atomic mass is 10.1. The third kappa shape index (κ3) is 5.50. The summed E-state index contributed by atoms with van der Waals surface area (Å²) in [5.74, 6) is -0.332. The molecule has 4 aromatic rings. The lowest BCUT2D eigenvalue weighted by molar-refractivity contribution is -0.115. The minimum atomic E-state index is -0.219. The molecular formula is C25H21BrN4O2. The first kappa shape index (κ1) is 21.5. The highest BCUT2D eigenvalue weighted by Crippen LogP contribution is 2.18. The SMILES string of the molecule is Cc1cccc(CC(=O)Nc2cnn(-c3cccc(C(=O)Nc4cccc(Br)c4)c3)c2)c1. The first-order chi connectivity index (χ1) is 15.5. The Morgan fingerprint density at radius 2 is 1.75 bits per heavy atom. The maximum atomic E-state index is 12.6. The van der Waals surface area contributed by atoms with Crippen molar-refractivity contribution in [2.24, 2.45) is 0 Å². The first-order valence-corrected chi connectivity index (χ1v) is 10.8. The predicted octanol–water partition coefficient (Wildman–Crippen LogP) is 5.38. The molecule has 2 N–H and O–H groups in total. The molecular weight excluding hydrogens is 468 g/mol. The zero-order chi connectivity index (χ0) is 22.5. The van der Waals surface area contributed by atoms with Gasteiger partial charge in [0.2, 0.25) is 5.91 Å². The number of hydrogen-bond donors (Lipinski definition) is 2. The fraction of sp³-hybridized carbons (Fsp3) is 0.0800. The van der Waals surface area contributed by atoms with Crippen LogP contribution in [0.5, 0.6) is 0 Å². The van der Waals surface area contributed by atoms with Crippen molar-refractivity contribution in [3.8, 4) is 5.69 Å². The van der Waals surface area contributed by atoms with Gasteiger partial charge in [0.1, 0.15) is 0 Å². The maximum absolute atomic E-state index is 12.6. The predicted molar refractivity (Wildman–Crippen MR) is 129 cm³/mol. The highest BCUT2D eigenvalue weighted by Gasteiger charge is 2.10. The molecule has 0 spiro atoms. The van der Waals surface area contributed by atoms with Crippen LogP contribution in [0.25, 0.3) is 5.69 Å². The molecule has 0 aliphatic heterocycles. The fourth-order valence-electron chi connectivity index (χ4n) is 3.30. The fourth-order valence-corrected chi connectivity index (χ4v) is 3.70. The van der Waals surface area contributed by atoms with Crippen molar-refractivity contribution in [2.75, 3.05) is 10.6 Å². The second kappa shape index (κ2) is 9.62. The molecule has 3 aromatic carbocycles. The molecule has 7 heteroatoms. The van der Waals surface area contributed by atoms with E-state index in [1.54, 1.807) is 35.3 Å². The van der Waals surface area contributed by atoms with E-state index in [9.17, 15) is 9.59 Å². The lowest BCUT2D eigenvalue weighted by Crippen LogP contribution is -2.14. The molecule has 160 valence electrons. The molecule has 0 atom stereocenters. The highest BCUT2D eigenvalue weighted by molar-refractivity contribution is 9.10. The van der Waals surface area contributed by atoms with Crippen LogP contribution in [0.15, 0.2) is 89.7 Å². The van der Waals surface area contributed by atoms with Crippen LogP contribution in [0.2, 0.25) is 0 Å². The average molecular weight is 489 g/mol. The second-order valence-electron chi connectivity index (χ2n) is 7.40. The van der Waals surface area contributed by atoms with E-state index in [1.807, 2.05) is 61.5 Å². The maximum Gasteiger partial charge on any atom is 0.255 e. The van der Waals surface area contributed by atoms with Crippen LogP contribution >= 0.6 is 15.9 Å². The number of nitrogens with zero attached hydrogens (tertiary/aromatic N) is 2. The van der Waals surface area contributed by atoms with E-state index < -0.39 is 0 Å². The number of rotatable bonds is 6. The number of carbonyl (C=O) groups is 2. The monoisotopic (exact) mass is 488 g/mol. The van der Waals surface area contributed by atoms with Crippen LogP contribution < -0.4 is 10.6 Å². The summed E-state index contributed by atoms with van der Waals surface area (Å²) in [6.07, 6.45) is 3.60. The van der Waals surface area contributed by atoms with Gasteiger partial charge in [-0.25, -0.2) is 4.68 Å². The number of aryl methyl sites for hydroxylation is 1. The molecule has 0 bridgehead atoms. The molecule has 0 aliphatic carbocycles. The van der Waals surface area contributed by atoms with Crippen LogP contribution in [0, 0.1) is 6.92 Å². The molecule has 0 saturated heterocycles. The number of amides is 2. The lowest BCUT2D eigenvalue weighted by Gasteiger charge is -2.08. The summed E-state index contributed by atoms with van der Waals surface area (Å²) in [6.45, 7) is 2.00. The third-order valence-corrected chi connectivity index (χ3v) is 5.26. The first-order valence-electron chi connectivity index (χ1n) is 10.0. The average Bonchev–Trinajstić information content (AvgIpc) is 3.22. The van der Waals surface area contributed by atoms with Gasteiger partial charge < -0.3 is 10.6 Å². The topological polar surface area (TPSA) is 76.0 Å². The number of carbonyl (C=O) groups excluding carboxylic acids is 2. The van der Waals surface area contributed by atoms with Gasteiger partial charge in [0.25, 0.3) is 5.91 Å². The summed E-state index contributed by atoms with van der Waals surface area (Å²) < 4.78 is 2.51. The van der Waals surface area contributed by atoms with Gasteiger partial charge in [-0.05, 0) is 48.9 Å². The van der Waals surface area contributed by atoms with Gasteiger partial charge in [0.05, 0.1) is 30.2 Å². The zero-order valence-corrected chi connectivity index (χ0v) is 19.0. The molecule has 0 unspecified atom stereocenters. The summed E-state index contributed by atoms with van der Waals surface area (Å²) in [5.41, 5.74) is 4.58. The Morgan fingerprint density at radius 1 is 0.938 bits per heavy atom. The van der Waals surface area contributed by atoms with Gasteiger partial charge in [-0.2, -0.15) is 5.10 Å². The van der Waals surface area contributed by atoms with Crippen molar-refractivity contribution in [1.29, 1.82) is 0 Å². The van der Waals surface area contributed by atoms with E-state index in [1.165, 1.54) is 0 Å². The second-order valence-corrected chi connectivity index (χ2v) is 8.32. The molecule has 1 heterocycles. The largest absolute Gasteiger partial charge is 0.323 e. The molecule has 6 nitrogen and oxygen atoms in total. The highest BCUT2D eigenvalue weighted by atomic mass is 79.9. The Labute approximate surface area is 194 Å². The van der Waals surface area contributed by atoms with Crippen LogP contribution in [0.4, 0.5) is 11.4 Å². The number of benzene rings is 3. The summed E-state index contributed by atoms with van der Waals surface area (Å²) in [5, 5.41) is 10.1. The number of nitrogens with one attached hydrogen (secondary N) is 2. The Bertz CT molecular complexity index is 1280. The Morgan fingerprint density at radius 3 is 2.56 bits per heavy atom. The van der Waals surface area contributed by atoms with Gasteiger partial charge in [-0.3, -0.25) is 9.59 Å². The molecule has 0 saturated carbocycles. The number of halogens is 1. The molecule has 32 heavy (non-hydrogen) atoms. The van der Waals surface area contributed by atoms with Crippen LogP contribution in [-0.2, 0) is 11.2 Å². The smallest absolute Gasteiger partial charge is 0.255 e. The van der Waals surface area contributed by atoms with Gasteiger partial charge >= 0.3 is 0 Å². The van der Waals surface area contributed by atoms with Gasteiger partial charge in [-0.15, -0.1) is 0 Å². The van der Waals surface area contributed by atoms with Crippen molar-refractivity contribution < 1.29 is 9.59 Å². The van der Waals surface area contributed by atoms with Gasteiger partial charge in [0.15, 0.2) is 0 Å². The van der Waals surface area contributed by atoms with Gasteiger partial charge in [0, 0.05) is 15.7 Å². The minimum Gasteiger partial charge on any atom is -0.323 e. The third-order valence-electron chi connectivity index (χ3n) is 4.77. The van der Waals surface area contributed by atoms with E-state index in [-0.39, 0.29) is 18.2 Å². The van der Waals surface area contributed by atoms with Crippen molar-refractivity contribution in [3.05, 3.63) is 106 Å². The van der Waals surface area contributed by atoms with Crippen LogP contribution in [0.1, 0.15) is 21.5 Å². The standard InChI is InChI=1S/C25H21BrN4O2/c1-17-5-2-6-18(11-17)12-24(31)28-22-15-27-30(16-22)23-10-3-7-19(13-23)25(32)29-21-9-4-8-20(26)14-21/h2-11,13-16H,12H2,1H3,(H,28,31)(H,29,32). The Hall–Kier alpha value is -3.71. The summed E-state index contributed by atoms with van der Waals surface area (Å²) in [6, 6.07) is 22.4.